The first-order valence-corrected chi connectivity index (χ1v) is 12.3. The molecule has 3 aromatic rings. The van der Waals surface area contributed by atoms with Gasteiger partial charge in [0.1, 0.15) is 16.4 Å². The molecule has 2 aromatic heterocycles. The molecule has 0 fully saturated rings. The van der Waals surface area contributed by atoms with E-state index in [4.69, 9.17) is 20.6 Å². The summed E-state index contributed by atoms with van der Waals surface area (Å²) in [5.41, 5.74) is 10.9. The highest BCUT2D eigenvalue weighted by atomic mass is 32.1. The number of primary amides is 1. The Morgan fingerprint density at radius 1 is 1.19 bits per heavy atom. The molecule has 1 unspecified atom stereocenters. The average molecular weight is 514 g/mol. The molecule has 0 bridgehead atoms. The van der Waals surface area contributed by atoms with E-state index in [-0.39, 0.29) is 22.0 Å². The van der Waals surface area contributed by atoms with Crippen LogP contribution in [0.25, 0.3) is 0 Å². The fourth-order valence-electron chi connectivity index (χ4n) is 3.42. The van der Waals surface area contributed by atoms with E-state index in [1.165, 1.54) is 11.2 Å². The Morgan fingerprint density at radius 2 is 1.89 bits per heavy atom. The molecule has 10 nitrogen and oxygen atoms in total. The summed E-state index contributed by atoms with van der Waals surface area (Å²) in [6, 6.07) is 8.84. The molecule has 1 aromatic carbocycles. The van der Waals surface area contributed by atoms with Crippen LogP contribution in [0.4, 0.5) is 11.4 Å². The summed E-state index contributed by atoms with van der Waals surface area (Å²) in [5, 5.41) is 2.91. The van der Waals surface area contributed by atoms with Crippen molar-refractivity contribution in [3.63, 3.8) is 0 Å². The van der Waals surface area contributed by atoms with Crippen LogP contribution < -0.4 is 26.4 Å². The predicted molar refractivity (Wildman–Crippen MR) is 138 cm³/mol. The lowest BCUT2D eigenvalue weighted by atomic mass is 10.1. The van der Waals surface area contributed by atoms with E-state index in [9.17, 15) is 14.4 Å². The van der Waals surface area contributed by atoms with Crippen LogP contribution >= 0.6 is 11.5 Å². The number of nitrogens with one attached hydrogen (secondary N) is 1. The molecule has 192 valence electrons. The summed E-state index contributed by atoms with van der Waals surface area (Å²) in [7, 11) is 0. The largest absolute Gasteiger partial charge is 0.494 e. The average Bonchev–Trinajstić information content (AvgIpc) is 3.46. The summed E-state index contributed by atoms with van der Waals surface area (Å²) < 4.78 is 15.3. The van der Waals surface area contributed by atoms with E-state index in [1.54, 1.807) is 36.4 Å². The lowest BCUT2D eigenvalue weighted by Crippen LogP contribution is -2.49. The number of furan rings is 1. The van der Waals surface area contributed by atoms with Gasteiger partial charge >= 0.3 is 0 Å². The van der Waals surface area contributed by atoms with Gasteiger partial charge in [0.15, 0.2) is 11.7 Å². The van der Waals surface area contributed by atoms with E-state index in [0.717, 1.165) is 24.4 Å². The minimum absolute atomic E-state index is 0.0211. The third kappa shape index (κ3) is 6.22. The molecule has 0 radical (unpaired) electrons. The van der Waals surface area contributed by atoms with Gasteiger partial charge in [0.2, 0.25) is 0 Å². The van der Waals surface area contributed by atoms with Crippen molar-refractivity contribution in [2.75, 3.05) is 17.2 Å². The summed E-state index contributed by atoms with van der Waals surface area (Å²) in [6.45, 7) is 8.13. The second-order valence-electron chi connectivity index (χ2n) is 9.17. The number of ether oxygens (including phenoxy) is 1. The number of amides is 3. The highest BCUT2D eigenvalue weighted by Crippen LogP contribution is 2.34. The van der Waals surface area contributed by atoms with E-state index in [2.05, 4.69) is 16.6 Å². The van der Waals surface area contributed by atoms with Crippen molar-refractivity contribution >= 4 is 40.6 Å². The molecular formula is C25H31N5O5S. The molecule has 0 aliphatic heterocycles. The zero-order chi connectivity index (χ0) is 26.5. The van der Waals surface area contributed by atoms with Crippen LogP contribution in [0.5, 0.6) is 5.75 Å². The number of carbonyl (C=O) groups is 3. The molecule has 0 saturated carbocycles. The van der Waals surface area contributed by atoms with E-state index >= 15 is 0 Å². The Bertz CT molecular complexity index is 1200. The van der Waals surface area contributed by atoms with Gasteiger partial charge in [-0.2, -0.15) is 4.37 Å². The van der Waals surface area contributed by atoms with Crippen molar-refractivity contribution in [3.05, 3.63) is 59.0 Å². The summed E-state index contributed by atoms with van der Waals surface area (Å²) in [6.07, 6.45) is 3.33. The lowest BCUT2D eigenvalue weighted by molar-refractivity contribution is -0.124. The Balaban J connectivity index is 2.11. The molecule has 1 atom stereocenters. The molecule has 0 aliphatic carbocycles. The molecule has 3 amide bonds. The monoisotopic (exact) mass is 513 g/mol. The zero-order valence-corrected chi connectivity index (χ0v) is 21.6. The smallest absolute Gasteiger partial charge is 0.273 e. The van der Waals surface area contributed by atoms with Gasteiger partial charge in [-0.1, -0.05) is 13.3 Å². The van der Waals surface area contributed by atoms with Crippen molar-refractivity contribution in [1.82, 2.24) is 9.69 Å². The third-order valence-corrected chi connectivity index (χ3v) is 5.92. The van der Waals surface area contributed by atoms with Gasteiger partial charge in [-0.05, 0) is 75.1 Å². The number of rotatable bonds is 10. The normalized spacial score (nSPS) is 12.1. The van der Waals surface area contributed by atoms with E-state index in [0.29, 0.717) is 18.0 Å². The minimum atomic E-state index is -1.18. The first-order chi connectivity index (χ1) is 17.0. The molecule has 3 rings (SSSR count). The Labute approximate surface area is 213 Å². The maximum absolute atomic E-state index is 13.9. The van der Waals surface area contributed by atoms with Gasteiger partial charge in [-0.3, -0.25) is 19.3 Å². The number of benzene rings is 1. The fourth-order valence-corrected chi connectivity index (χ4v) is 4.16. The number of hydrogen-bond donors (Lipinski definition) is 3. The molecule has 2 heterocycles. The minimum Gasteiger partial charge on any atom is -0.494 e. The van der Waals surface area contributed by atoms with Gasteiger partial charge < -0.3 is 25.9 Å². The third-order valence-electron chi connectivity index (χ3n) is 5.07. The second-order valence-corrected chi connectivity index (χ2v) is 9.94. The van der Waals surface area contributed by atoms with Crippen LogP contribution in [-0.2, 0) is 4.79 Å². The number of nitrogens with zero attached hydrogens (tertiary/aromatic N) is 2. The molecule has 0 aliphatic rings. The maximum Gasteiger partial charge on any atom is 0.273 e. The van der Waals surface area contributed by atoms with Crippen molar-refractivity contribution in [2.45, 2.75) is 52.1 Å². The summed E-state index contributed by atoms with van der Waals surface area (Å²) in [5.74, 6) is -1.08. The maximum atomic E-state index is 13.9. The van der Waals surface area contributed by atoms with Crippen molar-refractivity contribution in [2.24, 2.45) is 5.73 Å². The Hall–Kier alpha value is -3.86. The molecular weight excluding hydrogens is 482 g/mol. The lowest BCUT2D eigenvalue weighted by Gasteiger charge is -2.32. The zero-order valence-electron chi connectivity index (χ0n) is 20.7. The highest BCUT2D eigenvalue weighted by molar-refractivity contribution is 7.09. The van der Waals surface area contributed by atoms with Crippen molar-refractivity contribution < 1.29 is 23.5 Å². The topological polar surface area (TPSA) is 154 Å². The van der Waals surface area contributed by atoms with Crippen LogP contribution in [0.15, 0.2) is 47.1 Å². The van der Waals surface area contributed by atoms with Crippen LogP contribution in [0.3, 0.4) is 0 Å². The molecule has 0 saturated heterocycles. The number of anilines is 2. The Morgan fingerprint density at radius 3 is 2.42 bits per heavy atom. The van der Waals surface area contributed by atoms with Gasteiger partial charge in [0, 0.05) is 11.2 Å². The molecule has 11 heteroatoms. The number of carbonyl (C=O) groups excluding carboxylic acids is 3. The van der Waals surface area contributed by atoms with Crippen LogP contribution in [0.1, 0.15) is 72.5 Å². The number of unbranched alkanes of at least 4 members (excludes halogenated alkanes) is 1. The molecule has 5 N–H and O–H groups in total. The SMILES string of the molecule is CCCCOc1ccc(N(C(=O)c2snc(C(N)=O)c2N)C(C(=O)NC(C)(C)C)c2ccco2)cc1. The Kier molecular flexibility index (Phi) is 8.36. The quantitative estimate of drug-likeness (QED) is 0.347. The first-order valence-electron chi connectivity index (χ1n) is 11.5. The molecule has 0 spiro atoms. The summed E-state index contributed by atoms with van der Waals surface area (Å²) >= 11 is 0.738. The van der Waals surface area contributed by atoms with Crippen LogP contribution in [0.2, 0.25) is 0 Å². The van der Waals surface area contributed by atoms with Crippen molar-refractivity contribution in [1.29, 1.82) is 0 Å². The van der Waals surface area contributed by atoms with E-state index < -0.39 is 29.3 Å². The number of nitrogens with two attached hydrogens (primary N) is 2. The first kappa shape index (κ1) is 26.7. The highest BCUT2D eigenvalue weighted by Gasteiger charge is 2.38. The van der Waals surface area contributed by atoms with Crippen LogP contribution in [-0.4, -0.2) is 34.2 Å². The number of aromatic nitrogens is 1. The predicted octanol–water partition coefficient (Wildman–Crippen LogP) is 3.90. The number of hydrogen-bond acceptors (Lipinski definition) is 8. The fraction of sp³-hybridized carbons (Fsp3) is 0.360. The van der Waals surface area contributed by atoms with Gasteiger partial charge in [0.05, 0.1) is 18.6 Å². The second kappa shape index (κ2) is 11.3. The van der Waals surface area contributed by atoms with Gasteiger partial charge in [0.25, 0.3) is 17.7 Å². The van der Waals surface area contributed by atoms with Crippen molar-refractivity contribution in [3.8, 4) is 5.75 Å². The van der Waals surface area contributed by atoms with Gasteiger partial charge in [-0.25, -0.2) is 0 Å². The van der Waals surface area contributed by atoms with E-state index in [1.807, 2.05) is 20.8 Å². The standard InChI is InChI=1S/C25H31N5O5S/c1-5-6-13-34-16-11-9-15(10-12-16)30(24(33)21-18(26)19(22(27)31)29-36-21)20(17-8-7-14-35-17)23(32)28-25(2,3)4/h7-12,14,20H,5-6,13,26H2,1-4H3,(H2,27,31)(H,28,32). The molecule has 36 heavy (non-hydrogen) atoms. The van der Waals surface area contributed by atoms with Gasteiger partial charge in [-0.15, -0.1) is 0 Å². The number of nitrogen functional groups attached to an aromatic ring is 1. The van der Waals surface area contributed by atoms with Crippen LogP contribution in [0, 0.1) is 0 Å². The summed E-state index contributed by atoms with van der Waals surface area (Å²) in [4.78, 5) is 40.4.